The number of amides is 1. The minimum absolute atomic E-state index is 0.00768. The normalized spacial score (nSPS) is 26.4. The number of benzene rings is 4. The van der Waals surface area contributed by atoms with E-state index >= 15 is 0 Å². The molecule has 0 aromatic heterocycles. The van der Waals surface area contributed by atoms with Gasteiger partial charge in [-0.1, -0.05) is 12.1 Å². The summed E-state index contributed by atoms with van der Waals surface area (Å²) in [6.07, 6.45) is -6.07. The largest absolute Gasteiger partial charge is 0.507 e. The van der Waals surface area contributed by atoms with E-state index in [1.165, 1.54) is 44.6 Å². The second kappa shape index (κ2) is 27.6. The molecule has 4 aromatic carbocycles. The summed E-state index contributed by atoms with van der Waals surface area (Å²) in [5.41, 5.74) is 13.8. The van der Waals surface area contributed by atoms with Gasteiger partial charge in [0.15, 0.2) is 23.6 Å². The molecule has 0 saturated carbocycles. The Hall–Kier alpha value is -8.96. The molecule has 1 unspecified atom stereocenters. The highest BCUT2D eigenvalue weighted by molar-refractivity contribution is 6.34. The van der Waals surface area contributed by atoms with Crippen molar-refractivity contribution in [3.05, 3.63) is 121 Å². The van der Waals surface area contributed by atoms with Crippen LogP contribution in [0.25, 0.3) is 0 Å². The molecule has 3 saturated heterocycles. The van der Waals surface area contributed by atoms with Gasteiger partial charge in [0, 0.05) is 123 Å². The number of primary amides is 1. The Morgan fingerprint density at radius 3 is 1.88 bits per heavy atom. The van der Waals surface area contributed by atoms with E-state index in [0.717, 1.165) is 0 Å². The van der Waals surface area contributed by atoms with Crippen LogP contribution < -0.4 is 43.2 Å². The average molecular weight is 1340 g/mol. The SMILES string of the molecule is CO[C@@]12[C@H](COC(N)=O)C3=C(C(=O)C(C)=C(N)C3=O)N1C[C@H]1[C@@H]2N1C.COc1cccc2c1C(=O)c1c(O)c3c(c(O)c1C2=O)C[C@@](O)(C(=O)CO)C[C@@H]3O[C@H]1C[C@H](N)[C@@H](O)[C@H](C)O1.O=C1c2c(O)ccc(O)c2C(=O)c2c(NCCNCCO)ccc(NCCNCCO)c21. The smallest absolute Gasteiger partial charge is 0.404 e. The first kappa shape index (κ1) is 69.9. The monoisotopic (exact) mass is 1340 g/mol. The minimum atomic E-state index is -2.24. The lowest BCUT2D eigenvalue weighted by Crippen LogP contribution is -2.55. The van der Waals surface area contributed by atoms with Crippen molar-refractivity contribution in [2.24, 2.45) is 23.1 Å². The molecule has 11 atom stereocenters. The van der Waals surface area contributed by atoms with Gasteiger partial charge in [0.2, 0.25) is 28.9 Å². The number of aliphatic hydroxyl groups excluding tert-OH is 4. The van der Waals surface area contributed by atoms with Crippen molar-refractivity contribution in [2.45, 2.75) is 87.2 Å². The van der Waals surface area contributed by atoms with E-state index in [1.807, 2.05) is 11.9 Å². The van der Waals surface area contributed by atoms with Gasteiger partial charge in [-0.15, -0.1) is 0 Å². The highest BCUT2D eigenvalue weighted by atomic mass is 16.7. The fraction of sp³-hybridized carbons (Fsp3) is 0.446. The number of carbonyl (C=O) groups is 8. The number of allylic oxidation sites excluding steroid dienone is 2. The number of likely N-dealkylation sites (N-methyl/N-ethyl adjacent to an activating group) is 1. The van der Waals surface area contributed by atoms with Gasteiger partial charge in [0.1, 0.15) is 47.6 Å². The quantitative estimate of drug-likeness (QED) is 0.0180. The summed E-state index contributed by atoms with van der Waals surface area (Å²) in [5, 5.41) is 104. The van der Waals surface area contributed by atoms with Gasteiger partial charge < -0.3 is 113 Å². The average Bonchev–Trinajstić information content (AvgIpc) is 1.48. The molecule has 4 aromatic rings. The number of phenols is 4. The Morgan fingerprint density at radius 2 is 1.33 bits per heavy atom. The van der Waals surface area contributed by atoms with Gasteiger partial charge in [-0.05, 0) is 51.2 Å². The highest BCUT2D eigenvalue weighted by Crippen LogP contribution is 2.59. The summed E-state index contributed by atoms with van der Waals surface area (Å²) in [6, 6.07) is 9.59. The summed E-state index contributed by atoms with van der Waals surface area (Å²) in [7, 11) is 4.82. The molecule has 514 valence electrons. The number of ether oxygens (including phenoxy) is 5. The van der Waals surface area contributed by atoms with Gasteiger partial charge in [0.05, 0.1) is 101 Å². The maximum atomic E-state index is 13.6. The van der Waals surface area contributed by atoms with Crippen LogP contribution in [0.5, 0.6) is 28.7 Å². The number of piperazine rings is 1. The number of Topliss-reactive ketones (excluding diaryl/α,β-unsaturated/α-hetero) is 3. The molecular formula is C65H77N9O22. The molecule has 0 bridgehead atoms. The van der Waals surface area contributed by atoms with Crippen molar-refractivity contribution >= 4 is 58.0 Å². The standard InChI is InChI=1S/C27H29NO11.C22H28N4O6.C16H20N4O5/c1-10-22(31)13(28)6-17(38-10)39-15-8-27(36,16(30)9-29)7-12-19(15)26(35)21-20(24(12)33)23(32)11-4-3-5-14(37-2)18(11)25(21)34;27-11-9-23-5-7-25-13-1-2-14(26-8-6-24-10-12-28)18-17(13)21(31)19-15(29)3-4-16(30)20(19)22(18)32;1-6-10(17)13(22)9-7(5-25-15(18)23)16(24-3)14-8(19(14)2)4-20(16)11(9)12(6)21/h3-5,10,13,15,17,22,29,31,33,35-36H,6-9,28H2,1-2H3;1-4,23-30H,5-12H2;7-8,14H,4-5,17H2,1-3H3,(H2,18,23)/t10-,13-,15-,17-,22-,27-;;7-,8+,14+,16-,19?/m0.1/s1. The van der Waals surface area contributed by atoms with E-state index in [4.69, 9.17) is 51.1 Å². The van der Waals surface area contributed by atoms with Crippen LogP contribution in [0.1, 0.15) is 108 Å². The third-order valence-electron chi connectivity index (χ3n) is 18.9. The predicted molar refractivity (Wildman–Crippen MR) is 336 cm³/mol. The number of nitrogens with two attached hydrogens (primary N) is 3. The fourth-order valence-corrected chi connectivity index (χ4v) is 14.1. The summed E-state index contributed by atoms with van der Waals surface area (Å²) in [6.45, 7) is 5.32. The zero-order valence-electron chi connectivity index (χ0n) is 53.0. The third-order valence-corrected chi connectivity index (χ3v) is 18.9. The van der Waals surface area contributed by atoms with Crippen molar-refractivity contribution < 1.29 is 108 Å². The number of hydrogen-bond acceptors (Lipinski definition) is 30. The maximum absolute atomic E-state index is 13.6. The van der Waals surface area contributed by atoms with Crippen molar-refractivity contribution in [3.63, 3.8) is 0 Å². The van der Waals surface area contributed by atoms with Crippen LogP contribution in [0.2, 0.25) is 0 Å². The van der Waals surface area contributed by atoms with Crippen LogP contribution in [0.15, 0.2) is 65.0 Å². The number of phenolic OH excluding ortho intramolecular Hbond substituents is 4. The molecule has 12 rings (SSSR count). The first-order valence-electron chi connectivity index (χ1n) is 30.9. The molecule has 31 nitrogen and oxygen atoms in total. The second-order valence-corrected chi connectivity index (χ2v) is 24.3. The summed E-state index contributed by atoms with van der Waals surface area (Å²) >= 11 is 0. The topological polar surface area (TPSA) is 497 Å². The van der Waals surface area contributed by atoms with Gasteiger partial charge in [0.25, 0.3) is 0 Å². The molecule has 4 heterocycles. The van der Waals surface area contributed by atoms with Gasteiger partial charge in [-0.2, -0.15) is 0 Å². The number of anilines is 2. The van der Waals surface area contributed by atoms with Crippen LogP contribution in [0.3, 0.4) is 0 Å². The van der Waals surface area contributed by atoms with Crippen LogP contribution in [-0.2, 0) is 39.8 Å². The lowest BCUT2D eigenvalue weighted by molar-refractivity contribution is -0.247. The Bertz CT molecular complexity index is 3860. The van der Waals surface area contributed by atoms with Crippen molar-refractivity contribution in [2.75, 3.05) is 104 Å². The number of methoxy groups -OCH3 is 2. The Labute approximate surface area is 548 Å². The summed E-state index contributed by atoms with van der Waals surface area (Å²) in [4.78, 5) is 107. The first-order valence-corrected chi connectivity index (χ1v) is 30.9. The lowest BCUT2D eigenvalue weighted by Gasteiger charge is -2.42. The fourth-order valence-electron chi connectivity index (χ4n) is 14.1. The molecule has 4 aliphatic heterocycles. The highest BCUT2D eigenvalue weighted by Gasteiger charge is 2.75. The minimum Gasteiger partial charge on any atom is -0.507 e. The first-order chi connectivity index (χ1) is 45.7. The molecule has 31 heteroatoms. The van der Waals surface area contributed by atoms with Gasteiger partial charge >= 0.3 is 6.09 Å². The van der Waals surface area contributed by atoms with E-state index in [1.54, 1.807) is 26.0 Å². The van der Waals surface area contributed by atoms with Crippen molar-refractivity contribution in [1.82, 2.24) is 20.4 Å². The third kappa shape index (κ3) is 11.9. The van der Waals surface area contributed by atoms with Gasteiger partial charge in [-0.3, -0.25) is 38.5 Å². The number of nitrogens with zero attached hydrogens (tertiary/aromatic N) is 2. The van der Waals surface area contributed by atoms with E-state index in [9.17, 15) is 74.1 Å². The van der Waals surface area contributed by atoms with E-state index < -0.39 is 131 Å². The molecule has 0 spiro atoms. The van der Waals surface area contributed by atoms with Crippen LogP contribution in [-0.4, -0.2) is 244 Å². The van der Waals surface area contributed by atoms with E-state index in [-0.39, 0.29) is 123 Å². The zero-order valence-corrected chi connectivity index (χ0v) is 53.0. The molecule has 4 aliphatic carbocycles. The number of nitrogens with one attached hydrogen (secondary N) is 4. The number of fused-ring (bicyclic) bond motifs is 9. The zero-order chi connectivity index (χ0) is 69.7. The lowest BCUT2D eigenvalue weighted by atomic mass is 9.72. The van der Waals surface area contributed by atoms with Gasteiger partial charge in [-0.25, -0.2) is 4.79 Å². The number of aromatic hydroxyl groups is 4. The summed E-state index contributed by atoms with van der Waals surface area (Å²) in [5.74, 6) is -6.96. The Morgan fingerprint density at radius 1 is 0.750 bits per heavy atom. The number of rotatable bonds is 20. The van der Waals surface area contributed by atoms with Crippen LogP contribution in [0.4, 0.5) is 16.2 Å². The Balaban J connectivity index is 0.000000160. The van der Waals surface area contributed by atoms with Crippen molar-refractivity contribution in [3.8, 4) is 28.7 Å². The number of aliphatic hydroxyl groups is 5. The molecule has 3 fully saturated rings. The Kier molecular flexibility index (Phi) is 20.1. The van der Waals surface area contributed by atoms with Crippen LogP contribution >= 0.6 is 0 Å². The summed E-state index contributed by atoms with van der Waals surface area (Å²) < 4.78 is 27.9. The number of hydrogen-bond donors (Lipinski definition) is 16. The molecule has 19 N–H and O–H groups in total. The molecule has 0 radical (unpaired) electrons. The van der Waals surface area contributed by atoms with E-state index in [0.29, 0.717) is 62.9 Å². The number of carbonyl (C=O) groups excluding carboxylic acids is 8. The predicted octanol–water partition coefficient (Wildman–Crippen LogP) is -1.45. The molecule has 8 aliphatic rings. The van der Waals surface area contributed by atoms with E-state index in [2.05, 4.69) is 26.2 Å². The molecule has 1 amide bonds. The maximum Gasteiger partial charge on any atom is 0.404 e. The van der Waals surface area contributed by atoms with Crippen LogP contribution in [0, 0.1) is 5.92 Å². The molecular weight excluding hydrogens is 1260 g/mol. The van der Waals surface area contributed by atoms with Crippen molar-refractivity contribution in [1.29, 1.82) is 0 Å². The number of ketones is 7. The second-order valence-electron chi connectivity index (χ2n) is 24.3. The molecule has 96 heavy (non-hydrogen) atoms.